The number of hydrogen-bond donors (Lipinski definition) is 7. The summed E-state index contributed by atoms with van der Waals surface area (Å²) in [5, 5.41) is 53.3. The number of fused-ring (bicyclic) bond motifs is 6. The Morgan fingerprint density at radius 2 is 1.69 bits per heavy atom. The third-order valence-electron chi connectivity index (χ3n) is 12.9. The summed E-state index contributed by atoms with van der Waals surface area (Å²) in [5.74, 6) is -6.29. The average molecular weight is 910 g/mol. The van der Waals surface area contributed by atoms with Crippen LogP contribution in [0.15, 0.2) is 18.2 Å². The maximum absolute atomic E-state index is 14.2. The summed E-state index contributed by atoms with van der Waals surface area (Å²) in [7, 11) is 2.83. The van der Waals surface area contributed by atoms with E-state index in [0.29, 0.717) is 13.2 Å². The topological polar surface area (TPSA) is 298 Å². The van der Waals surface area contributed by atoms with Gasteiger partial charge in [-0.15, -0.1) is 0 Å². The van der Waals surface area contributed by atoms with E-state index in [1.54, 1.807) is 6.92 Å². The second kappa shape index (κ2) is 18.4. The number of carbonyl (C=O) groups excluding carboxylic acids is 7. The van der Waals surface area contributed by atoms with Crippen LogP contribution in [-0.4, -0.2) is 174 Å². The highest BCUT2D eigenvalue weighted by Gasteiger charge is 2.55. The standard InChI is InChI=1S/C43H51N5O17/c1-19-38-23(47-13-14-62-41(61-3)40(47)65-38)15-29(63-19)64-25-17-43(59,42(58)45-11-10-44-39(57)22(18-49)46-26(50)9-12-48-27(51)7-8-28(48)52)16-21-31(25)37(56)33-32(35(21)54)34(53)20-5-4-6-24(60-2)30(20)36(33)55/h4-6,19,22-23,25,29,38,40-41,49,54,56,59H,7-18H2,1-3H3,(H,44,57)(H,45,58)(H,46,50)/t19-,22+,23-,25-,29-,38+,40+,41-,43-/m0/s1. The third-order valence-corrected chi connectivity index (χ3v) is 12.9. The molecule has 4 saturated heterocycles. The van der Waals surface area contributed by atoms with E-state index in [-0.39, 0.29) is 79.4 Å². The van der Waals surface area contributed by atoms with Crippen LogP contribution < -0.4 is 20.7 Å². The van der Waals surface area contributed by atoms with Gasteiger partial charge in [0.2, 0.25) is 29.4 Å². The van der Waals surface area contributed by atoms with Gasteiger partial charge < -0.3 is 64.8 Å². The number of ketones is 2. The van der Waals surface area contributed by atoms with Crippen LogP contribution in [0, 0.1) is 0 Å². The van der Waals surface area contributed by atoms with Crippen molar-refractivity contribution in [1.82, 2.24) is 25.8 Å². The molecule has 5 amide bonds. The normalized spacial score (nSPS) is 28.7. The van der Waals surface area contributed by atoms with Crippen LogP contribution in [0.4, 0.5) is 0 Å². The summed E-state index contributed by atoms with van der Waals surface area (Å²) in [6.07, 6.45) is -5.78. The summed E-state index contributed by atoms with van der Waals surface area (Å²) < 4.78 is 35.8. The molecule has 7 N–H and O–H groups in total. The van der Waals surface area contributed by atoms with Gasteiger partial charge in [-0.25, -0.2) is 0 Å². The lowest BCUT2D eigenvalue weighted by molar-refractivity contribution is -0.256. The van der Waals surface area contributed by atoms with E-state index in [1.807, 2.05) is 0 Å². The van der Waals surface area contributed by atoms with E-state index in [2.05, 4.69) is 20.9 Å². The minimum Gasteiger partial charge on any atom is -0.507 e. The highest BCUT2D eigenvalue weighted by molar-refractivity contribution is 6.31. The molecule has 0 bridgehead atoms. The fourth-order valence-electron chi connectivity index (χ4n) is 9.70. The first-order valence-electron chi connectivity index (χ1n) is 21.4. The molecule has 0 spiro atoms. The van der Waals surface area contributed by atoms with E-state index in [9.17, 15) is 54.0 Å². The second-order valence-electron chi connectivity index (χ2n) is 16.7. The Kier molecular flexibility index (Phi) is 13.0. The van der Waals surface area contributed by atoms with Crippen molar-refractivity contribution in [2.24, 2.45) is 0 Å². The molecule has 6 aliphatic rings. The zero-order chi connectivity index (χ0) is 46.5. The average Bonchev–Trinajstić information content (AvgIpc) is 3.83. The SMILES string of the molecule is COc1cccc2c1C(=O)c1c(O)c3c(c(O)c1C2=O)C[C@@](O)(C(=O)NCCNC(=O)[C@@H](CO)NC(=O)CCN1C(=O)CCC1=O)C[C@@H]3O[C@H]1C[C@H]2[C@H](O[C@@H]3[C@@H](OC)OCCN32)[C@H](C)O1. The molecular formula is C43H51N5O17. The van der Waals surface area contributed by atoms with Crippen LogP contribution >= 0.6 is 0 Å². The van der Waals surface area contributed by atoms with Crippen molar-refractivity contribution in [2.75, 3.05) is 53.6 Å². The fourth-order valence-corrected chi connectivity index (χ4v) is 9.70. The van der Waals surface area contributed by atoms with Crippen LogP contribution in [-0.2, 0) is 54.1 Å². The van der Waals surface area contributed by atoms with Crippen molar-refractivity contribution in [3.05, 3.63) is 51.6 Å². The number of aromatic hydroxyl groups is 2. The first-order chi connectivity index (χ1) is 31.1. The number of likely N-dealkylation sites (tertiary alicyclic amines) is 1. The molecule has 22 nitrogen and oxygen atoms in total. The van der Waals surface area contributed by atoms with Gasteiger partial charge in [0, 0.05) is 94.5 Å². The maximum atomic E-state index is 14.2. The molecule has 8 rings (SSSR count). The molecule has 350 valence electrons. The smallest absolute Gasteiger partial charge is 0.252 e. The number of aliphatic hydroxyl groups excluding tert-OH is 1. The number of rotatable bonds is 14. The quantitative estimate of drug-likeness (QED) is 0.0544. The number of ether oxygens (including phenoxy) is 6. The first kappa shape index (κ1) is 46.0. The van der Waals surface area contributed by atoms with Crippen LogP contribution in [0.2, 0.25) is 0 Å². The number of phenols is 2. The van der Waals surface area contributed by atoms with E-state index in [4.69, 9.17) is 28.4 Å². The van der Waals surface area contributed by atoms with Gasteiger partial charge in [-0.1, -0.05) is 12.1 Å². The third kappa shape index (κ3) is 8.33. The lowest BCUT2D eigenvalue weighted by Crippen LogP contribution is -2.56. The lowest BCUT2D eigenvalue weighted by atomic mass is 9.72. The molecule has 0 unspecified atom stereocenters. The first-order valence-corrected chi connectivity index (χ1v) is 21.4. The zero-order valence-electron chi connectivity index (χ0n) is 35.8. The number of aliphatic hydroxyl groups is 2. The molecule has 0 saturated carbocycles. The van der Waals surface area contributed by atoms with E-state index >= 15 is 0 Å². The van der Waals surface area contributed by atoms with Gasteiger partial charge in [-0.05, 0) is 13.0 Å². The highest BCUT2D eigenvalue weighted by atomic mass is 16.7. The van der Waals surface area contributed by atoms with Crippen molar-refractivity contribution in [1.29, 1.82) is 0 Å². The molecule has 0 aromatic heterocycles. The second-order valence-corrected chi connectivity index (χ2v) is 16.7. The molecule has 2 aliphatic carbocycles. The van der Waals surface area contributed by atoms with E-state index in [1.165, 1.54) is 32.4 Å². The molecule has 4 aliphatic heterocycles. The van der Waals surface area contributed by atoms with Crippen LogP contribution in [0.3, 0.4) is 0 Å². The van der Waals surface area contributed by atoms with E-state index in [0.717, 1.165) is 4.90 Å². The predicted molar refractivity (Wildman–Crippen MR) is 217 cm³/mol. The van der Waals surface area contributed by atoms with Crippen LogP contribution in [0.5, 0.6) is 17.2 Å². The molecular weight excluding hydrogens is 858 g/mol. The van der Waals surface area contributed by atoms with Gasteiger partial charge in [0.15, 0.2) is 24.6 Å². The molecule has 0 radical (unpaired) electrons. The van der Waals surface area contributed by atoms with E-state index < -0.39 is 132 Å². The Morgan fingerprint density at radius 1 is 0.969 bits per heavy atom. The lowest BCUT2D eigenvalue weighted by Gasteiger charge is -2.43. The van der Waals surface area contributed by atoms with Crippen molar-refractivity contribution < 1.29 is 82.4 Å². The number of nitrogens with zero attached hydrogens (tertiary/aromatic N) is 2. The fraction of sp³-hybridized carbons (Fsp3) is 0.558. The van der Waals surface area contributed by atoms with Gasteiger partial charge in [-0.2, -0.15) is 0 Å². The van der Waals surface area contributed by atoms with Crippen LogP contribution in [0.1, 0.15) is 88.1 Å². The minimum atomic E-state index is -2.39. The highest BCUT2D eigenvalue weighted by Crippen LogP contribution is 2.53. The van der Waals surface area contributed by atoms with Crippen molar-refractivity contribution in [3.63, 3.8) is 0 Å². The van der Waals surface area contributed by atoms with Crippen molar-refractivity contribution in [2.45, 2.75) is 100 Å². The molecule has 65 heavy (non-hydrogen) atoms. The number of imide groups is 1. The number of carbonyl (C=O) groups is 7. The van der Waals surface area contributed by atoms with Crippen molar-refractivity contribution >= 4 is 41.1 Å². The number of hydrogen-bond acceptors (Lipinski definition) is 18. The monoisotopic (exact) mass is 909 g/mol. The number of methoxy groups -OCH3 is 2. The van der Waals surface area contributed by atoms with Crippen LogP contribution in [0.25, 0.3) is 0 Å². The van der Waals surface area contributed by atoms with Gasteiger partial charge in [-0.3, -0.25) is 43.4 Å². The maximum Gasteiger partial charge on any atom is 0.252 e. The number of nitrogens with one attached hydrogen (secondary N) is 3. The minimum absolute atomic E-state index is 0.0541. The molecule has 4 heterocycles. The summed E-state index contributed by atoms with van der Waals surface area (Å²) in [6.45, 7) is 1.17. The Morgan fingerprint density at radius 3 is 2.40 bits per heavy atom. The van der Waals surface area contributed by atoms with Gasteiger partial charge in [0.25, 0.3) is 5.91 Å². The summed E-state index contributed by atoms with van der Waals surface area (Å²) >= 11 is 0. The number of benzene rings is 2. The molecule has 2 aromatic rings. The van der Waals surface area contributed by atoms with Gasteiger partial charge in [0.1, 0.15) is 35.0 Å². The van der Waals surface area contributed by atoms with Gasteiger partial charge in [0.05, 0.1) is 49.2 Å². The Balaban J connectivity index is 1.01. The molecule has 9 atom stereocenters. The largest absolute Gasteiger partial charge is 0.507 e. The Hall–Kier alpha value is -5.59. The van der Waals surface area contributed by atoms with Crippen molar-refractivity contribution in [3.8, 4) is 17.2 Å². The number of amides is 5. The predicted octanol–water partition coefficient (Wildman–Crippen LogP) is -1.60. The summed E-state index contributed by atoms with van der Waals surface area (Å²) in [6, 6.07) is 2.68. The molecule has 2 aromatic carbocycles. The Bertz CT molecular complexity index is 2290. The summed E-state index contributed by atoms with van der Waals surface area (Å²) in [5.41, 5.74) is -3.98. The number of phenolic OH excluding ortho intramolecular Hbond substituents is 2. The molecule has 4 fully saturated rings. The molecule has 22 heteroatoms. The summed E-state index contributed by atoms with van der Waals surface area (Å²) in [4.78, 5) is 94.3. The van der Waals surface area contributed by atoms with Gasteiger partial charge >= 0.3 is 0 Å². The zero-order valence-corrected chi connectivity index (χ0v) is 35.8. The Labute approximate surface area is 371 Å². The number of morpholine rings is 1.